The van der Waals surface area contributed by atoms with Crippen molar-refractivity contribution in [2.45, 2.75) is 52.0 Å². The predicted octanol–water partition coefficient (Wildman–Crippen LogP) is 2.43. The second kappa shape index (κ2) is 4.64. The molecule has 0 radical (unpaired) electrons. The van der Waals surface area contributed by atoms with Crippen LogP contribution in [0.15, 0.2) is 0 Å². The molecule has 0 unspecified atom stereocenters. The molecule has 0 spiro atoms. The first kappa shape index (κ1) is 10.6. The minimum Gasteiger partial charge on any atom is -0.343 e. The van der Waals surface area contributed by atoms with Gasteiger partial charge in [-0.25, -0.2) is 0 Å². The average molecular weight is 183 g/mol. The summed E-state index contributed by atoms with van der Waals surface area (Å²) in [6, 6.07) is 0.417. The smallest absolute Gasteiger partial charge is 0.219 e. The van der Waals surface area contributed by atoms with Crippen LogP contribution in [0.5, 0.6) is 0 Å². The summed E-state index contributed by atoms with van der Waals surface area (Å²) in [5.74, 6) is 1.06. The van der Waals surface area contributed by atoms with Gasteiger partial charge in [-0.15, -0.1) is 0 Å². The lowest BCUT2D eigenvalue weighted by molar-refractivity contribution is -0.129. The first-order valence-corrected chi connectivity index (χ1v) is 5.34. The Balaban J connectivity index is 2.30. The predicted molar refractivity (Wildman–Crippen MR) is 54.5 cm³/mol. The maximum atomic E-state index is 11.1. The van der Waals surface area contributed by atoms with Crippen molar-refractivity contribution >= 4 is 5.91 Å². The van der Waals surface area contributed by atoms with Gasteiger partial charge in [0.2, 0.25) is 5.91 Å². The molecule has 1 atom stereocenters. The van der Waals surface area contributed by atoms with Gasteiger partial charge in [0.15, 0.2) is 0 Å². The van der Waals surface area contributed by atoms with Crippen LogP contribution in [-0.4, -0.2) is 23.9 Å². The fraction of sp³-hybridized carbons (Fsp3) is 0.909. The van der Waals surface area contributed by atoms with Crippen LogP contribution in [0.1, 0.15) is 46.0 Å². The summed E-state index contributed by atoms with van der Waals surface area (Å²) >= 11 is 0. The van der Waals surface area contributed by atoms with E-state index in [2.05, 4.69) is 6.92 Å². The van der Waals surface area contributed by atoms with Crippen LogP contribution in [0.3, 0.4) is 0 Å². The summed E-state index contributed by atoms with van der Waals surface area (Å²) in [6.07, 6.45) is 6.71. The summed E-state index contributed by atoms with van der Waals surface area (Å²) in [5.41, 5.74) is 0. The molecule has 2 nitrogen and oxygen atoms in total. The largest absolute Gasteiger partial charge is 0.343 e. The van der Waals surface area contributed by atoms with E-state index in [1.165, 1.54) is 32.1 Å². The van der Waals surface area contributed by atoms with Gasteiger partial charge in [-0.1, -0.05) is 25.7 Å². The Morgan fingerprint density at radius 1 is 1.46 bits per heavy atom. The number of nitrogens with zero attached hydrogens (tertiary/aromatic N) is 1. The number of rotatable bonds is 3. The molecule has 0 aromatic rings. The van der Waals surface area contributed by atoms with Crippen molar-refractivity contribution in [1.29, 1.82) is 0 Å². The molecule has 0 aromatic heterocycles. The Bertz CT molecular complexity index is 173. The van der Waals surface area contributed by atoms with Gasteiger partial charge >= 0.3 is 0 Å². The molecule has 0 aliphatic heterocycles. The van der Waals surface area contributed by atoms with Crippen LogP contribution in [-0.2, 0) is 4.79 Å². The molecule has 1 rings (SSSR count). The topological polar surface area (TPSA) is 20.3 Å². The fourth-order valence-corrected chi connectivity index (χ4v) is 2.20. The molecule has 0 aromatic carbocycles. The van der Waals surface area contributed by atoms with Gasteiger partial charge in [0.1, 0.15) is 0 Å². The molecule has 13 heavy (non-hydrogen) atoms. The lowest BCUT2D eigenvalue weighted by atomic mass is 9.99. The Kier molecular flexibility index (Phi) is 3.76. The SMILES string of the molecule is CC(=O)N(C)[C@@H](C)CC1CCCC1. The van der Waals surface area contributed by atoms with E-state index >= 15 is 0 Å². The van der Waals surface area contributed by atoms with Crippen LogP contribution in [0, 0.1) is 5.92 Å². The molecule has 1 fully saturated rings. The van der Waals surface area contributed by atoms with Crippen molar-refractivity contribution in [3.63, 3.8) is 0 Å². The van der Waals surface area contributed by atoms with Gasteiger partial charge in [0.05, 0.1) is 0 Å². The Labute approximate surface area is 81.3 Å². The van der Waals surface area contributed by atoms with Gasteiger partial charge in [-0.2, -0.15) is 0 Å². The maximum absolute atomic E-state index is 11.1. The van der Waals surface area contributed by atoms with Gasteiger partial charge in [-0.3, -0.25) is 4.79 Å². The number of hydrogen-bond donors (Lipinski definition) is 0. The van der Waals surface area contributed by atoms with E-state index in [0.29, 0.717) is 6.04 Å². The molecule has 0 heterocycles. The molecule has 2 heteroatoms. The first-order valence-electron chi connectivity index (χ1n) is 5.34. The third-order valence-corrected chi connectivity index (χ3v) is 3.31. The van der Waals surface area contributed by atoms with Gasteiger partial charge in [-0.05, 0) is 19.3 Å². The van der Waals surface area contributed by atoms with Crippen LogP contribution in [0.2, 0.25) is 0 Å². The highest BCUT2D eigenvalue weighted by Crippen LogP contribution is 2.29. The minimum atomic E-state index is 0.186. The molecule has 1 aliphatic rings. The molecule has 0 N–H and O–H groups in total. The highest BCUT2D eigenvalue weighted by atomic mass is 16.2. The second-order valence-electron chi connectivity index (χ2n) is 4.37. The van der Waals surface area contributed by atoms with Crippen molar-refractivity contribution in [2.24, 2.45) is 5.92 Å². The van der Waals surface area contributed by atoms with E-state index in [0.717, 1.165) is 5.92 Å². The number of carbonyl (C=O) groups is 1. The molecular formula is C11H21NO. The standard InChI is InChI=1S/C11H21NO/c1-9(12(3)10(2)13)8-11-6-4-5-7-11/h9,11H,4-8H2,1-3H3/t9-/m0/s1. The van der Waals surface area contributed by atoms with E-state index in [4.69, 9.17) is 0 Å². The normalized spacial score (nSPS) is 20.2. The number of carbonyl (C=O) groups excluding carboxylic acids is 1. The highest BCUT2D eigenvalue weighted by Gasteiger charge is 2.20. The van der Waals surface area contributed by atoms with Gasteiger partial charge in [0.25, 0.3) is 0 Å². The maximum Gasteiger partial charge on any atom is 0.219 e. The Hall–Kier alpha value is -0.530. The van der Waals surface area contributed by atoms with Gasteiger partial charge in [0, 0.05) is 20.0 Å². The zero-order valence-electron chi connectivity index (χ0n) is 9.05. The van der Waals surface area contributed by atoms with Crippen molar-refractivity contribution in [3.05, 3.63) is 0 Å². The molecule has 0 saturated heterocycles. The van der Waals surface area contributed by atoms with Crippen molar-refractivity contribution in [3.8, 4) is 0 Å². The van der Waals surface area contributed by atoms with E-state index in [-0.39, 0.29) is 5.91 Å². The summed E-state index contributed by atoms with van der Waals surface area (Å²) in [7, 11) is 1.90. The zero-order valence-corrected chi connectivity index (χ0v) is 9.05. The molecule has 1 saturated carbocycles. The van der Waals surface area contributed by atoms with Crippen LogP contribution < -0.4 is 0 Å². The summed E-state index contributed by atoms with van der Waals surface area (Å²) < 4.78 is 0. The van der Waals surface area contributed by atoms with Gasteiger partial charge < -0.3 is 4.90 Å². The highest BCUT2D eigenvalue weighted by molar-refractivity contribution is 5.73. The first-order chi connectivity index (χ1) is 6.11. The fourth-order valence-electron chi connectivity index (χ4n) is 2.20. The average Bonchev–Trinajstić information content (AvgIpc) is 2.55. The van der Waals surface area contributed by atoms with Crippen LogP contribution >= 0.6 is 0 Å². The number of amides is 1. The minimum absolute atomic E-state index is 0.186. The van der Waals surface area contributed by atoms with E-state index < -0.39 is 0 Å². The third-order valence-electron chi connectivity index (χ3n) is 3.31. The monoisotopic (exact) mass is 183 g/mol. The van der Waals surface area contributed by atoms with Crippen molar-refractivity contribution < 1.29 is 4.79 Å². The second-order valence-corrected chi connectivity index (χ2v) is 4.37. The lowest BCUT2D eigenvalue weighted by Gasteiger charge is -2.25. The molecule has 1 amide bonds. The van der Waals surface area contributed by atoms with Crippen molar-refractivity contribution in [2.75, 3.05) is 7.05 Å². The molecule has 0 bridgehead atoms. The van der Waals surface area contributed by atoms with E-state index in [1.54, 1.807) is 6.92 Å². The Morgan fingerprint density at radius 3 is 2.46 bits per heavy atom. The Morgan fingerprint density at radius 2 is 2.00 bits per heavy atom. The van der Waals surface area contributed by atoms with E-state index in [9.17, 15) is 4.79 Å². The summed E-state index contributed by atoms with van der Waals surface area (Å²) in [6.45, 7) is 3.80. The lowest BCUT2D eigenvalue weighted by Crippen LogP contribution is -2.34. The molecule has 76 valence electrons. The number of hydrogen-bond acceptors (Lipinski definition) is 1. The van der Waals surface area contributed by atoms with Crippen LogP contribution in [0.4, 0.5) is 0 Å². The molecular weight excluding hydrogens is 162 g/mol. The van der Waals surface area contributed by atoms with E-state index in [1.807, 2.05) is 11.9 Å². The molecule has 1 aliphatic carbocycles. The van der Waals surface area contributed by atoms with Crippen molar-refractivity contribution in [1.82, 2.24) is 4.90 Å². The summed E-state index contributed by atoms with van der Waals surface area (Å²) in [5, 5.41) is 0. The quantitative estimate of drug-likeness (QED) is 0.658. The zero-order chi connectivity index (χ0) is 9.84. The van der Waals surface area contributed by atoms with Crippen LogP contribution in [0.25, 0.3) is 0 Å². The summed E-state index contributed by atoms with van der Waals surface area (Å²) in [4.78, 5) is 12.9. The third kappa shape index (κ3) is 3.02.